The number of hydrogen-bond acceptors (Lipinski definition) is 6. The van der Waals surface area contributed by atoms with Gasteiger partial charge in [-0.25, -0.2) is 0 Å². The smallest absolute Gasteiger partial charge is 0.312 e. The minimum absolute atomic E-state index is 0.0270. The first kappa shape index (κ1) is 14.8. The highest BCUT2D eigenvalue weighted by atomic mass is 16.6. The van der Waals surface area contributed by atoms with Crippen LogP contribution in [-0.2, 0) is 13.1 Å². The Morgan fingerprint density at radius 1 is 1.52 bits per heavy atom. The molecule has 0 spiro atoms. The number of nitrogens with one attached hydrogen (secondary N) is 1. The summed E-state index contributed by atoms with van der Waals surface area (Å²) >= 11 is 0. The number of nitro benzene ring substituents is 1. The molecular formula is C13H16N4O4. The molecule has 112 valence electrons. The standard InChI is InChI=1S/C13H16N4O4/c1-21-13-3-2-11(6-12(13)17(19)20)14-7-10-8-15-16(9-10)4-5-18/h2-3,6,8-9,14,18H,4-5,7H2,1H3. The van der Waals surface area contributed by atoms with Gasteiger partial charge in [0.2, 0.25) is 0 Å². The van der Waals surface area contributed by atoms with Gasteiger partial charge in [-0.2, -0.15) is 5.10 Å². The quantitative estimate of drug-likeness (QED) is 0.590. The Morgan fingerprint density at radius 2 is 2.33 bits per heavy atom. The van der Waals surface area contributed by atoms with E-state index in [4.69, 9.17) is 9.84 Å². The van der Waals surface area contributed by atoms with Crippen molar-refractivity contribution in [2.24, 2.45) is 0 Å². The summed E-state index contributed by atoms with van der Waals surface area (Å²) in [5.41, 5.74) is 1.46. The average Bonchev–Trinajstić information content (AvgIpc) is 2.93. The maximum Gasteiger partial charge on any atom is 0.312 e. The lowest BCUT2D eigenvalue weighted by Crippen LogP contribution is -2.02. The SMILES string of the molecule is COc1ccc(NCc2cnn(CCO)c2)cc1[N+](=O)[O-]. The molecule has 0 bridgehead atoms. The van der Waals surface area contributed by atoms with Gasteiger partial charge in [-0.15, -0.1) is 0 Å². The van der Waals surface area contributed by atoms with Crippen molar-refractivity contribution in [3.05, 3.63) is 46.3 Å². The summed E-state index contributed by atoms with van der Waals surface area (Å²) in [6.07, 6.45) is 3.49. The Labute approximate surface area is 121 Å². The van der Waals surface area contributed by atoms with Crippen molar-refractivity contribution in [2.45, 2.75) is 13.1 Å². The zero-order chi connectivity index (χ0) is 15.2. The molecule has 0 aliphatic carbocycles. The zero-order valence-corrected chi connectivity index (χ0v) is 11.5. The highest BCUT2D eigenvalue weighted by Crippen LogP contribution is 2.29. The molecule has 0 saturated carbocycles. The van der Waals surface area contributed by atoms with Crippen LogP contribution in [0.4, 0.5) is 11.4 Å². The number of aromatic nitrogens is 2. The molecule has 0 unspecified atom stereocenters. The van der Waals surface area contributed by atoms with E-state index in [1.807, 2.05) is 0 Å². The van der Waals surface area contributed by atoms with E-state index in [0.717, 1.165) is 5.56 Å². The van der Waals surface area contributed by atoms with Crippen LogP contribution < -0.4 is 10.1 Å². The second-order valence-corrected chi connectivity index (χ2v) is 4.33. The molecule has 0 radical (unpaired) electrons. The lowest BCUT2D eigenvalue weighted by molar-refractivity contribution is -0.385. The van der Waals surface area contributed by atoms with Gasteiger partial charge < -0.3 is 15.2 Å². The number of ether oxygens (including phenoxy) is 1. The highest BCUT2D eigenvalue weighted by molar-refractivity contribution is 5.58. The van der Waals surface area contributed by atoms with Gasteiger partial charge in [-0.3, -0.25) is 14.8 Å². The largest absolute Gasteiger partial charge is 0.490 e. The van der Waals surface area contributed by atoms with Crippen LogP contribution in [0.25, 0.3) is 0 Å². The van der Waals surface area contributed by atoms with Crippen molar-refractivity contribution in [1.29, 1.82) is 0 Å². The van der Waals surface area contributed by atoms with Gasteiger partial charge in [-0.05, 0) is 12.1 Å². The van der Waals surface area contributed by atoms with Crippen molar-refractivity contribution in [2.75, 3.05) is 19.0 Å². The Morgan fingerprint density at radius 3 is 3.00 bits per heavy atom. The molecule has 8 nitrogen and oxygen atoms in total. The van der Waals surface area contributed by atoms with Gasteiger partial charge in [0, 0.05) is 30.1 Å². The number of rotatable bonds is 7. The number of nitro groups is 1. The predicted molar refractivity (Wildman–Crippen MR) is 76.3 cm³/mol. The summed E-state index contributed by atoms with van der Waals surface area (Å²) in [5.74, 6) is 0.223. The first-order valence-electron chi connectivity index (χ1n) is 6.32. The third-order valence-corrected chi connectivity index (χ3v) is 2.89. The Kier molecular flexibility index (Phi) is 4.72. The van der Waals surface area contributed by atoms with E-state index in [-0.39, 0.29) is 18.0 Å². The first-order valence-corrected chi connectivity index (χ1v) is 6.32. The summed E-state index contributed by atoms with van der Waals surface area (Å²) in [4.78, 5) is 10.5. The van der Waals surface area contributed by atoms with Crippen LogP contribution in [0.5, 0.6) is 5.75 Å². The molecule has 2 aromatic rings. The monoisotopic (exact) mass is 292 g/mol. The molecule has 1 aromatic carbocycles. The third kappa shape index (κ3) is 3.69. The topological polar surface area (TPSA) is 102 Å². The molecule has 0 aliphatic rings. The molecule has 0 fully saturated rings. The molecule has 2 rings (SSSR count). The molecule has 8 heteroatoms. The van der Waals surface area contributed by atoms with E-state index in [1.54, 1.807) is 29.2 Å². The summed E-state index contributed by atoms with van der Waals surface area (Å²) < 4.78 is 6.58. The lowest BCUT2D eigenvalue weighted by atomic mass is 10.2. The number of methoxy groups -OCH3 is 1. The first-order chi connectivity index (χ1) is 10.1. The molecule has 0 atom stereocenters. The maximum atomic E-state index is 10.9. The summed E-state index contributed by atoms with van der Waals surface area (Å²) in [6.45, 7) is 0.947. The van der Waals surface area contributed by atoms with Crippen molar-refractivity contribution >= 4 is 11.4 Å². The van der Waals surface area contributed by atoms with E-state index in [0.29, 0.717) is 18.8 Å². The van der Waals surface area contributed by atoms with E-state index in [9.17, 15) is 10.1 Å². The van der Waals surface area contributed by atoms with Crippen molar-refractivity contribution in [3.8, 4) is 5.75 Å². The molecule has 0 amide bonds. The minimum Gasteiger partial charge on any atom is -0.490 e. The minimum atomic E-state index is -0.483. The zero-order valence-electron chi connectivity index (χ0n) is 11.5. The second-order valence-electron chi connectivity index (χ2n) is 4.33. The van der Waals surface area contributed by atoms with Crippen LogP contribution in [0, 0.1) is 10.1 Å². The van der Waals surface area contributed by atoms with E-state index >= 15 is 0 Å². The van der Waals surface area contributed by atoms with Crippen LogP contribution >= 0.6 is 0 Å². The van der Waals surface area contributed by atoms with Crippen LogP contribution in [-0.4, -0.2) is 33.5 Å². The van der Waals surface area contributed by atoms with Gasteiger partial charge in [-0.1, -0.05) is 0 Å². The molecule has 1 heterocycles. The molecule has 0 saturated heterocycles. The van der Waals surface area contributed by atoms with Gasteiger partial charge in [0.05, 0.1) is 31.4 Å². The highest BCUT2D eigenvalue weighted by Gasteiger charge is 2.15. The Hall–Kier alpha value is -2.61. The second kappa shape index (κ2) is 6.71. The molecule has 2 N–H and O–H groups in total. The fourth-order valence-electron chi connectivity index (χ4n) is 1.87. The van der Waals surface area contributed by atoms with Crippen molar-refractivity contribution in [1.82, 2.24) is 9.78 Å². The normalized spacial score (nSPS) is 10.4. The van der Waals surface area contributed by atoms with Crippen LogP contribution in [0.15, 0.2) is 30.6 Å². The van der Waals surface area contributed by atoms with Gasteiger partial charge in [0.1, 0.15) is 0 Å². The van der Waals surface area contributed by atoms with E-state index < -0.39 is 4.92 Å². The van der Waals surface area contributed by atoms with Crippen molar-refractivity contribution < 1.29 is 14.8 Å². The Balaban J connectivity index is 2.05. The molecular weight excluding hydrogens is 276 g/mol. The van der Waals surface area contributed by atoms with Crippen LogP contribution in [0.2, 0.25) is 0 Å². The third-order valence-electron chi connectivity index (χ3n) is 2.89. The van der Waals surface area contributed by atoms with Gasteiger partial charge >= 0.3 is 5.69 Å². The number of anilines is 1. The summed E-state index contributed by atoms with van der Waals surface area (Å²) in [5, 5.41) is 26.9. The maximum absolute atomic E-state index is 10.9. The van der Waals surface area contributed by atoms with E-state index in [1.165, 1.54) is 13.2 Å². The summed E-state index contributed by atoms with van der Waals surface area (Å²) in [7, 11) is 1.39. The summed E-state index contributed by atoms with van der Waals surface area (Å²) in [6, 6.07) is 4.69. The van der Waals surface area contributed by atoms with Crippen LogP contribution in [0.1, 0.15) is 5.56 Å². The van der Waals surface area contributed by atoms with Crippen LogP contribution in [0.3, 0.4) is 0 Å². The van der Waals surface area contributed by atoms with Gasteiger partial charge in [0.25, 0.3) is 0 Å². The Bertz CT molecular complexity index is 626. The molecule has 21 heavy (non-hydrogen) atoms. The number of hydrogen-bond donors (Lipinski definition) is 2. The molecule has 0 aliphatic heterocycles. The fourth-order valence-corrected chi connectivity index (χ4v) is 1.87. The number of aliphatic hydroxyl groups excluding tert-OH is 1. The fraction of sp³-hybridized carbons (Fsp3) is 0.308. The number of benzene rings is 1. The molecule has 1 aromatic heterocycles. The number of aliphatic hydroxyl groups is 1. The van der Waals surface area contributed by atoms with E-state index in [2.05, 4.69) is 10.4 Å². The predicted octanol–water partition coefficient (Wildman–Crippen LogP) is 1.40. The number of nitrogens with zero attached hydrogens (tertiary/aromatic N) is 3. The average molecular weight is 292 g/mol. The van der Waals surface area contributed by atoms with Crippen molar-refractivity contribution in [3.63, 3.8) is 0 Å². The van der Waals surface area contributed by atoms with Gasteiger partial charge in [0.15, 0.2) is 5.75 Å². The lowest BCUT2D eigenvalue weighted by Gasteiger charge is -2.07.